The van der Waals surface area contributed by atoms with Crippen molar-refractivity contribution in [3.63, 3.8) is 0 Å². The first-order valence-electron chi connectivity index (χ1n) is 8.33. The van der Waals surface area contributed by atoms with Gasteiger partial charge in [0.25, 0.3) is 0 Å². The highest BCUT2D eigenvalue weighted by Gasteiger charge is 2.20. The Balaban J connectivity index is 3.22. The molecule has 0 aromatic heterocycles. The monoisotopic (exact) mass is 318 g/mol. The number of aliphatic carboxylic acids is 1. The molecule has 0 aliphatic heterocycles. The van der Waals surface area contributed by atoms with E-state index in [0.717, 1.165) is 28.9 Å². The fraction of sp³-hybridized carbons (Fsp3) is 0.550. The van der Waals surface area contributed by atoms with Crippen molar-refractivity contribution in [3.8, 4) is 5.75 Å². The number of hydrogen-bond donors (Lipinski definition) is 1. The van der Waals surface area contributed by atoms with Gasteiger partial charge >= 0.3 is 5.97 Å². The van der Waals surface area contributed by atoms with Gasteiger partial charge in [-0.2, -0.15) is 0 Å². The van der Waals surface area contributed by atoms with Crippen LogP contribution < -0.4 is 4.74 Å². The predicted octanol–water partition coefficient (Wildman–Crippen LogP) is 5.29. The van der Waals surface area contributed by atoms with Crippen molar-refractivity contribution >= 4 is 11.5 Å². The first-order chi connectivity index (χ1) is 10.6. The zero-order valence-corrected chi connectivity index (χ0v) is 15.3. The molecule has 0 atom stereocenters. The fourth-order valence-corrected chi connectivity index (χ4v) is 2.37. The van der Waals surface area contributed by atoms with Gasteiger partial charge in [0.1, 0.15) is 5.75 Å². The summed E-state index contributed by atoms with van der Waals surface area (Å²) >= 11 is 0. The molecule has 1 rings (SSSR count). The van der Waals surface area contributed by atoms with Crippen LogP contribution in [0.5, 0.6) is 5.75 Å². The topological polar surface area (TPSA) is 46.5 Å². The van der Waals surface area contributed by atoms with Gasteiger partial charge in [0.05, 0.1) is 13.0 Å². The van der Waals surface area contributed by atoms with Crippen LogP contribution in [0.1, 0.15) is 65.5 Å². The van der Waals surface area contributed by atoms with Crippen LogP contribution in [0.3, 0.4) is 0 Å². The van der Waals surface area contributed by atoms with Crippen LogP contribution in [-0.4, -0.2) is 17.7 Å². The van der Waals surface area contributed by atoms with Crippen molar-refractivity contribution in [3.05, 3.63) is 35.4 Å². The molecule has 128 valence electrons. The van der Waals surface area contributed by atoms with E-state index in [1.165, 1.54) is 0 Å². The molecule has 0 radical (unpaired) electrons. The van der Waals surface area contributed by atoms with Crippen LogP contribution in [0, 0.1) is 5.92 Å². The van der Waals surface area contributed by atoms with Crippen LogP contribution in [0.15, 0.2) is 24.3 Å². The summed E-state index contributed by atoms with van der Waals surface area (Å²) in [7, 11) is 0. The molecule has 23 heavy (non-hydrogen) atoms. The molecule has 0 saturated heterocycles. The maximum Gasteiger partial charge on any atom is 0.307 e. The number of hydrogen-bond acceptors (Lipinski definition) is 2. The van der Waals surface area contributed by atoms with E-state index in [4.69, 9.17) is 9.84 Å². The zero-order valence-electron chi connectivity index (χ0n) is 15.3. The number of carboxylic acid groups (broad SMARTS) is 1. The number of ether oxygens (including phenoxy) is 1. The van der Waals surface area contributed by atoms with Crippen molar-refractivity contribution < 1.29 is 14.6 Å². The molecule has 3 heteroatoms. The summed E-state index contributed by atoms with van der Waals surface area (Å²) in [6.07, 6.45) is 2.67. The molecular weight excluding hydrogens is 288 g/mol. The summed E-state index contributed by atoms with van der Waals surface area (Å²) in [6.45, 7) is 13.5. The highest BCUT2D eigenvalue weighted by molar-refractivity contribution is 5.74. The average Bonchev–Trinajstić information content (AvgIpc) is 2.44. The van der Waals surface area contributed by atoms with Crippen molar-refractivity contribution in [1.82, 2.24) is 0 Å². The Morgan fingerprint density at radius 1 is 1.30 bits per heavy atom. The van der Waals surface area contributed by atoms with Crippen molar-refractivity contribution in [2.45, 2.75) is 59.8 Å². The normalized spacial score (nSPS) is 12.6. The Hall–Kier alpha value is -1.77. The Labute approximate surface area is 140 Å². The second-order valence-electron chi connectivity index (χ2n) is 7.35. The molecule has 0 heterocycles. The second kappa shape index (κ2) is 8.19. The smallest absolute Gasteiger partial charge is 0.307 e. The number of carbonyl (C=O) groups is 1. The highest BCUT2D eigenvalue weighted by Crippen LogP contribution is 2.34. The highest BCUT2D eigenvalue weighted by atomic mass is 16.5. The minimum atomic E-state index is -0.802. The van der Waals surface area contributed by atoms with E-state index in [9.17, 15) is 4.79 Å². The molecule has 1 N–H and O–H groups in total. The Kier molecular flexibility index (Phi) is 6.86. The standard InChI is InChI=1S/C20H30O3/c1-7-15(9-11-19(21)22)16-8-10-18(23-13-14(2)3)17(12-16)20(4,5)6/h8-10,12,14H,7,11,13H2,1-6H3,(H,21,22)/b15-9+. The van der Waals surface area contributed by atoms with E-state index in [0.29, 0.717) is 12.5 Å². The molecule has 1 aromatic carbocycles. The fourth-order valence-electron chi connectivity index (χ4n) is 2.37. The summed E-state index contributed by atoms with van der Waals surface area (Å²) in [5.41, 5.74) is 3.27. The molecule has 0 bridgehead atoms. The van der Waals surface area contributed by atoms with Gasteiger partial charge in [-0.1, -0.05) is 53.7 Å². The molecule has 1 aromatic rings. The maximum atomic E-state index is 10.8. The van der Waals surface area contributed by atoms with E-state index in [1.807, 2.05) is 19.1 Å². The molecule has 0 aliphatic rings. The van der Waals surface area contributed by atoms with E-state index < -0.39 is 5.97 Å². The second-order valence-corrected chi connectivity index (χ2v) is 7.35. The molecule has 0 amide bonds. The summed E-state index contributed by atoms with van der Waals surface area (Å²) in [5.74, 6) is 0.594. The van der Waals surface area contributed by atoms with E-state index in [1.54, 1.807) is 6.08 Å². The third kappa shape index (κ3) is 6.09. The van der Waals surface area contributed by atoms with E-state index in [2.05, 4.69) is 40.7 Å². The average molecular weight is 318 g/mol. The van der Waals surface area contributed by atoms with Crippen molar-refractivity contribution in [2.75, 3.05) is 6.61 Å². The summed E-state index contributed by atoms with van der Waals surface area (Å²) in [4.78, 5) is 10.8. The maximum absolute atomic E-state index is 10.8. The lowest BCUT2D eigenvalue weighted by molar-refractivity contribution is -0.135. The van der Waals surface area contributed by atoms with Gasteiger partial charge in [0, 0.05) is 5.56 Å². The number of allylic oxidation sites excluding steroid dienone is 1. The zero-order chi connectivity index (χ0) is 17.6. The molecular formula is C20H30O3. The lowest BCUT2D eigenvalue weighted by atomic mass is 9.84. The van der Waals surface area contributed by atoms with E-state index >= 15 is 0 Å². The summed E-state index contributed by atoms with van der Waals surface area (Å²) < 4.78 is 5.98. The van der Waals surface area contributed by atoms with Gasteiger partial charge in [-0.25, -0.2) is 0 Å². The number of benzene rings is 1. The Bertz CT molecular complexity index is 563. The molecule has 0 aliphatic carbocycles. The largest absolute Gasteiger partial charge is 0.493 e. The minimum Gasteiger partial charge on any atom is -0.493 e. The third-order valence-corrected chi connectivity index (χ3v) is 3.63. The predicted molar refractivity (Wildman–Crippen MR) is 96.0 cm³/mol. The first kappa shape index (κ1) is 19.3. The van der Waals surface area contributed by atoms with Gasteiger partial charge in [-0.15, -0.1) is 0 Å². The molecule has 0 fully saturated rings. The first-order valence-corrected chi connectivity index (χ1v) is 8.33. The molecule has 0 unspecified atom stereocenters. The van der Waals surface area contributed by atoms with Gasteiger partial charge in [-0.3, -0.25) is 4.79 Å². The quantitative estimate of drug-likeness (QED) is 0.743. The molecule has 0 saturated carbocycles. The van der Waals surface area contributed by atoms with Gasteiger partial charge in [-0.05, 0) is 41.0 Å². The van der Waals surface area contributed by atoms with Crippen molar-refractivity contribution in [1.29, 1.82) is 0 Å². The van der Waals surface area contributed by atoms with Crippen LogP contribution in [0.25, 0.3) is 5.57 Å². The van der Waals surface area contributed by atoms with Crippen LogP contribution >= 0.6 is 0 Å². The van der Waals surface area contributed by atoms with E-state index in [-0.39, 0.29) is 11.8 Å². The summed E-state index contributed by atoms with van der Waals surface area (Å²) in [6, 6.07) is 6.19. The minimum absolute atomic E-state index is 0.0338. The Morgan fingerprint density at radius 2 is 1.96 bits per heavy atom. The van der Waals surface area contributed by atoms with Gasteiger partial charge in [0.15, 0.2) is 0 Å². The van der Waals surface area contributed by atoms with Gasteiger partial charge < -0.3 is 9.84 Å². The molecule has 0 spiro atoms. The lowest BCUT2D eigenvalue weighted by Crippen LogP contribution is -2.15. The third-order valence-electron chi connectivity index (χ3n) is 3.63. The van der Waals surface area contributed by atoms with Crippen molar-refractivity contribution in [2.24, 2.45) is 5.92 Å². The Morgan fingerprint density at radius 3 is 2.43 bits per heavy atom. The summed E-state index contributed by atoms with van der Waals surface area (Å²) in [5, 5.41) is 8.89. The van der Waals surface area contributed by atoms with Crippen LogP contribution in [0.2, 0.25) is 0 Å². The number of rotatable bonds is 7. The SMILES string of the molecule is CC/C(=C\CC(=O)O)c1ccc(OCC(C)C)c(C(C)(C)C)c1. The van der Waals surface area contributed by atoms with Crippen LogP contribution in [-0.2, 0) is 10.2 Å². The lowest BCUT2D eigenvalue weighted by Gasteiger charge is -2.24. The van der Waals surface area contributed by atoms with Gasteiger partial charge in [0.2, 0.25) is 0 Å². The van der Waals surface area contributed by atoms with Crippen LogP contribution in [0.4, 0.5) is 0 Å². The number of carboxylic acids is 1. The molecule has 3 nitrogen and oxygen atoms in total.